The lowest BCUT2D eigenvalue weighted by molar-refractivity contribution is -0.141. The molecule has 21 heavy (non-hydrogen) atoms. The molecule has 0 amide bonds. The normalized spacial score (nSPS) is 11.0. The third kappa shape index (κ3) is 3.20. The average Bonchev–Trinajstić information content (AvgIpc) is 2.45. The van der Waals surface area contributed by atoms with E-state index in [1.165, 1.54) is 18.0 Å². The highest BCUT2D eigenvalue weighted by atomic mass is 19.4. The minimum Gasteiger partial charge on any atom is -0.368 e. The molecule has 1 aromatic heterocycles. The number of halogens is 3. The second kappa shape index (κ2) is 5.28. The Hall–Kier alpha value is -2.82. The van der Waals surface area contributed by atoms with E-state index in [-0.39, 0.29) is 5.82 Å². The van der Waals surface area contributed by atoms with Crippen molar-refractivity contribution in [2.75, 3.05) is 17.7 Å². The summed E-state index contributed by atoms with van der Waals surface area (Å²) in [6.45, 7) is 0. The molecule has 1 heterocycles. The third-order valence-corrected chi connectivity index (χ3v) is 2.73. The van der Waals surface area contributed by atoms with Crippen LogP contribution in [0.25, 0.3) is 0 Å². The highest BCUT2D eigenvalue weighted by Crippen LogP contribution is 2.31. The maximum Gasteiger partial charge on any atom is 0.433 e. The summed E-state index contributed by atoms with van der Waals surface area (Å²) in [4.78, 5) is 8.36. The van der Waals surface area contributed by atoms with Gasteiger partial charge in [-0.25, -0.2) is 4.98 Å². The molecule has 8 heteroatoms. The van der Waals surface area contributed by atoms with Gasteiger partial charge in [-0.2, -0.15) is 23.4 Å². The smallest absolute Gasteiger partial charge is 0.368 e. The molecular formula is C13H10F3N5. The Bertz CT molecular complexity index is 706. The molecule has 0 aliphatic heterocycles. The Balaban J connectivity index is 2.46. The van der Waals surface area contributed by atoms with Crippen LogP contribution in [0.1, 0.15) is 11.3 Å². The SMILES string of the molecule is CN(c1cccc(C#N)c1)c1cc(C(F)(F)F)nc(N)n1. The van der Waals surface area contributed by atoms with Crippen LogP contribution >= 0.6 is 0 Å². The number of nitrogens with zero attached hydrogens (tertiary/aromatic N) is 4. The summed E-state index contributed by atoms with van der Waals surface area (Å²) in [6, 6.07) is 9.15. The van der Waals surface area contributed by atoms with Crippen LogP contribution in [0.3, 0.4) is 0 Å². The van der Waals surface area contributed by atoms with E-state index < -0.39 is 17.8 Å². The van der Waals surface area contributed by atoms with Gasteiger partial charge in [0.25, 0.3) is 0 Å². The van der Waals surface area contributed by atoms with Crippen molar-refractivity contribution in [1.82, 2.24) is 9.97 Å². The maximum atomic E-state index is 12.7. The molecule has 0 bridgehead atoms. The van der Waals surface area contributed by atoms with E-state index in [0.29, 0.717) is 11.3 Å². The average molecular weight is 293 g/mol. The first-order valence-electron chi connectivity index (χ1n) is 5.77. The topological polar surface area (TPSA) is 78.8 Å². The third-order valence-electron chi connectivity index (χ3n) is 2.73. The van der Waals surface area contributed by atoms with Gasteiger partial charge in [0.2, 0.25) is 5.95 Å². The maximum absolute atomic E-state index is 12.7. The van der Waals surface area contributed by atoms with E-state index in [9.17, 15) is 13.2 Å². The van der Waals surface area contributed by atoms with E-state index in [2.05, 4.69) is 9.97 Å². The van der Waals surface area contributed by atoms with Crippen LogP contribution in [0.15, 0.2) is 30.3 Å². The molecule has 0 spiro atoms. The minimum atomic E-state index is -4.61. The number of hydrogen-bond acceptors (Lipinski definition) is 5. The number of nitriles is 1. The van der Waals surface area contributed by atoms with Crippen LogP contribution in [-0.2, 0) is 6.18 Å². The highest BCUT2D eigenvalue weighted by molar-refractivity contribution is 5.62. The summed E-state index contributed by atoms with van der Waals surface area (Å²) in [7, 11) is 1.53. The second-order valence-electron chi connectivity index (χ2n) is 4.19. The molecule has 0 aliphatic rings. The predicted molar refractivity (Wildman–Crippen MR) is 70.7 cm³/mol. The number of nitrogen functional groups attached to an aromatic ring is 1. The van der Waals surface area contributed by atoms with E-state index >= 15 is 0 Å². The molecule has 0 fully saturated rings. The van der Waals surface area contributed by atoms with Crippen LogP contribution in [0.4, 0.5) is 30.6 Å². The molecule has 5 nitrogen and oxygen atoms in total. The zero-order chi connectivity index (χ0) is 15.6. The van der Waals surface area contributed by atoms with Crippen molar-refractivity contribution in [3.05, 3.63) is 41.6 Å². The molecule has 0 unspecified atom stereocenters. The van der Waals surface area contributed by atoms with Gasteiger partial charge in [0.1, 0.15) is 5.82 Å². The lowest BCUT2D eigenvalue weighted by Crippen LogP contribution is -2.17. The number of rotatable bonds is 2. The summed E-state index contributed by atoms with van der Waals surface area (Å²) in [5.74, 6) is -0.479. The Labute approximate surface area is 118 Å². The van der Waals surface area contributed by atoms with Crippen molar-refractivity contribution in [3.8, 4) is 6.07 Å². The van der Waals surface area contributed by atoms with Crippen LogP contribution in [0.5, 0.6) is 0 Å². The van der Waals surface area contributed by atoms with Crippen molar-refractivity contribution in [2.24, 2.45) is 0 Å². The number of benzene rings is 1. The first-order chi connectivity index (χ1) is 9.81. The van der Waals surface area contributed by atoms with Crippen molar-refractivity contribution in [1.29, 1.82) is 5.26 Å². The summed E-state index contributed by atoms with van der Waals surface area (Å²) in [6.07, 6.45) is -4.61. The number of alkyl halides is 3. The Morgan fingerprint density at radius 3 is 2.57 bits per heavy atom. The van der Waals surface area contributed by atoms with Gasteiger partial charge >= 0.3 is 6.18 Å². The molecule has 1 aromatic carbocycles. The van der Waals surface area contributed by atoms with E-state index in [4.69, 9.17) is 11.0 Å². The standard InChI is InChI=1S/C13H10F3N5/c1-21(9-4-2-3-8(5-9)7-17)11-6-10(13(14,15)16)19-12(18)20-11/h2-6H,1H3,(H2,18,19,20). The van der Waals surface area contributed by atoms with E-state index in [0.717, 1.165) is 6.07 Å². The highest BCUT2D eigenvalue weighted by Gasteiger charge is 2.34. The molecule has 0 saturated heterocycles. The molecule has 108 valence electrons. The number of anilines is 3. The van der Waals surface area contributed by atoms with Crippen LogP contribution in [0, 0.1) is 11.3 Å². The van der Waals surface area contributed by atoms with Gasteiger partial charge in [0, 0.05) is 18.8 Å². The molecule has 0 atom stereocenters. The summed E-state index contributed by atoms with van der Waals surface area (Å²) in [5.41, 5.74) is 5.11. The quantitative estimate of drug-likeness (QED) is 0.921. The Morgan fingerprint density at radius 1 is 1.24 bits per heavy atom. The van der Waals surface area contributed by atoms with Gasteiger partial charge < -0.3 is 10.6 Å². The number of hydrogen-bond donors (Lipinski definition) is 1. The fourth-order valence-electron chi connectivity index (χ4n) is 1.69. The fraction of sp³-hybridized carbons (Fsp3) is 0.154. The van der Waals surface area contributed by atoms with E-state index in [1.54, 1.807) is 18.2 Å². The molecule has 0 saturated carbocycles. The van der Waals surface area contributed by atoms with Gasteiger partial charge in [0.05, 0.1) is 11.6 Å². The molecular weight excluding hydrogens is 283 g/mol. The van der Waals surface area contributed by atoms with Crippen molar-refractivity contribution < 1.29 is 13.2 Å². The second-order valence-corrected chi connectivity index (χ2v) is 4.19. The van der Waals surface area contributed by atoms with Gasteiger partial charge in [-0.15, -0.1) is 0 Å². The van der Waals surface area contributed by atoms with Gasteiger partial charge in [-0.1, -0.05) is 6.07 Å². The van der Waals surface area contributed by atoms with Crippen LogP contribution in [0.2, 0.25) is 0 Å². The summed E-state index contributed by atoms with van der Waals surface area (Å²) < 4.78 is 38.2. The molecule has 0 aliphatic carbocycles. The van der Waals surface area contributed by atoms with E-state index in [1.807, 2.05) is 6.07 Å². The fourth-order valence-corrected chi connectivity index (χ4v) is 1.69. The van der Waals surface area contributed by atoms with Crippen LogP contribution < -0.4 is 10.6 Å². The first kappa shape index (κ1) is 14.6. The van der Waals surface area contributed by atoms with Crippen LogP contribution in [-0.4, -0.2) is 17.0 Å². The summed E-state index contributed by atoms with van der Waals surface area (Å²) >= 11 is 0. The zero-order valence-corrected chi connectivity index (χ0v) is 10.9. The van der Waals surface area contributed by atoms with Crippen molar-refractivity contribution >= 4 is 17.5 Å². The van der Waals surface area contributed by atoms with Gasteiger partial charge in [0.15, 0.2) is 5.69 Å². The molecule has 2 rings (SSSR count). The molecule has 2 N–H and O–H groups in total. The predicted octanol–water partition coefficient (Wildman–Crippen LogP) is 2.72. The van der Waals surface area contributed by atoms with Gasteiger partial charge in [-0.3, -0.25) is 0 Å². The Kier molecular flexibility index (Phi) is 3.67. The van der Waals surface area contributed by atoms with Gasteiger partial charge in [-0.05, 0) is 18.2 Å². The first-order valence-corrected chi connectivity index (χ1v) is 5.77. The lowest BCUT2D eigenvalue weighted by Gasteiger charge is -2.19. The lowest BCUT2D eigenvalue weighted by atomic mass is 10.2. The summed E-state index contributed by atoms with van der Waals surface area (Å²) in [5, 5.41) is 8.85. The molecule has 2 aromatic rings. The zero-order valence-electron chi connectivity index (χ0n) is 10.9. The molecule has 0 radical (unpaired) electrons. The Morgan fingerprint density at radius 2 is 1.95 bits per heavy atom. The number of aromatic nitrogens is 2. The van der Waals surface area contributed by atoms with Crippen molar-refractivity contribution in [2.45, 2.75) is 6.18 Å². The minimum absolute atomic E-state index is 0.00934. The largest absolute Gasteiger partial charge is 0.433 e. The van der Waals surface area contributed by atoms with Crippen molar-refractivity contribution in [3.63, 3.8) is 0 Å². The number of nitrogens with two attached hydrogens (primary N) is 1. The monoisotopic (exact) mass is 293 g/mol.